The summed E-state index contributed by atoms with van der Waals surface area (Å²) in [6, 6.07) is 4.24. The van der Waals surface area contributed by atoms with E-state index in [9.17, 15) is 9.18 Å². The Balaban J connectivity index is 1.66. The van der Waals surface area contributed by atoms with Crippen LogP contribution in [0.5, 0.6) is 0 Å². The zero-order valence-electron chi connectivity index (χ0n) is 13.2. The second-order valence-corrected chi connectivity index (χ2v) is 6.05. The van der Waals surface area contributed by atoms with Gasteiger partial charge >= 0.3 is 0 Å². The molecular weight excluding hydrogens is 333 g/mol. The molecule has 0 saturated carbocycles. The van der Waals surface area contributed by atoms with E-state index in [2.05, 4.69) is 20.2 Å². The van der Waals surface area contributed by atoms with Crippen LogP contribution in [0.15, 0.2) is 30.6 Å². The van der Waals surface area contributed by atoms with Gasteiger partial charge in [0.2, 0.25) is 5.95 Å². The average Bonchev–Trinajstić information content (AvgIpc) is 2.59. The zero-order chi connectivity index (χ0) is 17.1. The van der Waals surface area contributed by atoms with Crippen molar-refractivity contribution in [3.05, 3.63) is 47.0 Å². The molecule has 1 N–H and O–H groups in total. The lowest BCUT2D eigenvalue weighted by Gasteiger charge is -2.32. The Morgan fingerprint density at radius 1 is 1.21 bits per heavy atom. The highest BCUT2D eigenvalue weighted by molar-refractivity contribution is 6.31. The van der Waals surface area contributed by atoms with E-state index >= 15 is 0 Å². The molecule has 126 valence electrons. The normalized spacial score (nSPS) is 15.4. The van der Waals surface area contributed by atoms with Crippen LogP contribution in [-0.2, 0) is 0 Å². The molecule has 0 bridgehead atoms. The van der Waals surface area contributed by atoms with E-state index in [1.165, 1.54) is 30.6 Å². The van der Waals surface area contributed by atoms with Gasteiger partial charge in [-0.15, -0.1) is 0 Å². The summed E-state index contributed by atoms with van der Waals surface area (Å²) in [5, 5.41) is 2.93. The minimum atomic E-state index is -0.490. The third-order valence-corrected chi connectivity index (χ3v) is 4.15. The summed E-state index contributed by atoms with van der Waals surface area (Å²) < 4.78 is 13.1. The van der Waals surface area contributed by atoms with E-state index in [-0.39, 0.29) is 10.9 Å². The molecule has 24 heavy (non-hydrogen) atoms. The summed E-state index contributed by atoms with van der Waals surface area (Å²) >= 11 is 5.73. The Hall–Kier alpha value is -2.25. The minimum absolute atomic E-state index is 0.0156. The fourth-order valence-electron chi connectivity index (χ4n) is 2.40. The quantitative estimate of drug-likeness (QED) is 0.922. The molecule has 0 spiro atoms. The fraction of sp³-hybridized carbons (Fsp3) is 0.312. The van der Waals surface area contributed by atoms with Crippen LogP contribution >= 0.6 is 11.6 Å². The van der Waals surface area contributed by atoms with Crippen LogP contribution in [0.1, 0.15) is 10.4 Å². The lowest BCUT2D eigenvalue weighted by molar-refractivity contribution is 0.0663. The number of piperazine rings is 1. The summed E-state index contributed by atoms with van der Waals surface area (Å²) in [4.78, 5) is 24.7. The summed E-state index contributed by atoms with van der Waals surface area (Å²) in [5.41, 5.74) is 1.02. The first kappa shape index (κ1) is 16.6. The van der Waals surface area contributed by atoms with Crippen molar-refractivity contribution in [2.75, 3.05) is 38.5 Å². The number of nitrogens with zero attached hydrogens (tertiary/aromatic N) is 4. The Morgan fingerprint density at radius 2 is 1.88 bits per heavy atom. The van der Waals surface area contributed by atoms with Crippen LogP contribution in [0.4, 0.5) is 16.0 Å². The molecular formula is C16H17ClFN5O. The Morgan fingerprint density at radius 3 is 2.50 bits per heavy atom. The van der Waals surface area contributed by atoms with Gasteiger partial charge in [-0.1, -0.05) is 11.6 Å². The first-order chi connectivity index (χ1) is 11.5. The van der Waals surface area contributed by atoms with Crippen molar-refractivity contribution in [1.82, 2.24) is 19.8 Å². The maximum absolute atomic E-state index is 13.1. The van der Waals surface area contributed by atoms with Gasteiger partial charge in [0.15, 0.2) is 0 Å². The van der Waals surface area contributed by atoms with Crippen LogP contribution in [0.25, 0.3) is 0 Å². The predicted molar refractivity (Wildman–Crippen MR) is 90.1 cm³/mol. The van der Waals surface area contributed by atoms with E-state index in [0.29, 0.717) is 30.3 Å². The van der Waals surface area contributed by atoms with Gasteiger partial charge in [-0.05, 0) is 25.2 Å². The summed E-state index contributed by atoms with van der Waals surface area (Å²) in [5.74, 6) is -0.247. The number of nitrogens with one attached hydrogen (secondary N) is 1. The molecule has 1 amide bonds. The van der Waals surface area contributed by atoms with Gasteiger partial charge in [0, 0.05) is 44.3 Å². The van der Waals surface area contributed by atoms with Gasteiger partial charge in [-0.2, -0.15) is 0 Å². The molecule has 1 aliphatic heterocycles. The molecule has 0 aliphatic carbocycles. The molecule has 3 rings (SSSR count). The summed E-state index contributed by atoms with van der Waals surface area (Å²) in [6.07, 6.45) is 2.97. The first-order valence-electron chi connectivity index (χ1n) is 7.55. The van der Waals surface area contributed by atoms with Gasteiger partial charge in [0.25, 0.3) is 5.91 Å². The van der Waals surface area contributed by atoms with E-state index in [4.69, 9.17) is 11.6 Å². The van der Waals surface area contributed by atoms with Crippen LogP contribution in [0.2, 0.25) is 5.02 Å². The van der Waals surface area contributed by atoms with E-state index in [1.54, 1.807) is 4.90 Å². The molecule has 8 heteroatoms. The van der Waals surface area contributed by atoms with Gasteiger partial charge in [-0.3, -0.25) is 4.79 Å². The van der Waals surface area contributed by atoms with Gasteiger partial charge in [-0.25, -0.2) is 14.4 Å². The molecule has 2 aromatic rings. The number of halogens is 2. The van der Waals surface area contributed by atoms with Crippen molar-refractivity contribution >= 4 is 29.1 Å². The highest BCUT2D eigenvalue weighted by Gasteiger charge is 2.20. The first-order valence-corrected chi connectivity index (χ1v) is 7.92. The average molecular weight is 350 g/mol. The monoisotopic (exact) mass is 349 g/mol. The Kier molecular flexibility index (Phi) is 4.92. The number of carbonyl (C=O) groups excluding carboxylic acids is 1. The molecule has 1 aromatic carbocycles. The number of hydrogen-bond acceptors (Lipinski definition) is 5. The van der Waals surface area contributed by atoms with Crippen molar-refractivity contribution in [3.63, 3.8) is 0 Å². The molecule has 6 nitrogen and oxygen atoms in total. The number of likely N-dealkylation sites (N-methyl/N-ethyl adjacent to an activating group) is 1. The lowest BCUT2D eigenvalue weighted by atomic mass is 10.2. The van der Waals surface area contributed by atoms with Crippen molar-refractivity contribution in [1.29, 1.82) is 0 Å². The van der Waals surface area contributed by atoms with Gasteiger partial charge in [0.1, 0.15) is 5.82 Å². The molecule has 1 aromatic heterocycles. The fourth-order valence-corrected chi connectivity index (χ4v) is 2.58. The predicted octanol–water partition coefficient (Wildman–Crippen LogP) is 2.40. The molecule has 0 atom stereocenters. The Bertz CT molecular complexity index is 732. The number of benzene rings is 1. The highest BCUT2D eigenvalue weighted by Crippen LogP contribution is 2.21. The largest absolute Gasteiger partial charge is 0.336 e. The number of amides is 1. The molecule has 0 radical (unpaired) electrons. The molecule has 0 unspecified atom stereocenters. The molecule has 2 heterocycles. The van der Waals surface area contributed by atoms with Crippen LogP contribution in [-0.4, -0.2) is 58.9 Å². The summed E-state index contributed by atoms with van der Waals surface area (Å²) in [7, 11) is 2.03. The molecule has 1 saturated heterocycles. The number of carbonyl (C=O) groups is 1. The van der Waals surface area contributed by atoms with Crippen LogP contribution in [0, 0.1) is 5.82 Å². The molecule has 1 fully saturated rings. The lowest BCUT2D eigenvalue weighted by Crippen LogP contribution is -2.47. The molecule has 1 aliphatic rings. The van der Waals surface area contributed by atoms with Crippen molar-refractivity contribution < 1.29 is 9.18 Å². The standard InChI is InChI=1S/C16H17ClFN5O/c1-22-4-6-23(7-5-22)15(24)11-9-19-16(20-10-11)21-12-2-3-14(18)13(17)8-12/h2-3,8-10H,4-7H2,1H3,(H,19,20,21). The number of hydrogen-bond donors (Lipinski definition) is 1. The Labute approximate surface area is 144 Å². The third-order valence-electron chi connectivity index (χ3n) is 3.87. The maximum atomic E-state index is 13.1. The van der Waals surface area contributed by atoms with E-state index < -0.39 is 5.82 Å². The van der Waals surface area contributed by atoms with Crippen molar-refractivity contribution in [2.24, 2.45) is 0 Å². The highest BCUT2D eigenvalue weighted by atomic mass is 35.5. The number of anilines is 2. The SMILES string of the molecule is CN1CCN(C(=O)c2cnc(Nc3ccc(F)c(Cl)c3)nc2)CC1. The van der Waals surface area contributed by atoms with Crippen LogP contribution < -0.4 is 5.32 Å². The second-order valence-electron chi connectivity index (χ2n) is 5.64. The topological polar surface area (TPSA) is 61.4 Å². The second kappa shape index (κ2) is 7.11. The van der Waals surface area contributed by atoms with Gasteiger partial charge in [0.05, 0.1) is 10.6 Å². The van der Waals surface area contributed by atoms with Gasteiger partial charge < -0.3 is 15.1 Å². The number of rotatable bonds is 3. The van der Waals surface area contributed by atoms with E-state index in [1.807, 2.05) is 7.05 Å². The number of aromatic nitrogens is 2. The van der Waals surface area contributed by atoms with Crippen molar-refractivity contribution in [2.45, 2.75) is 0 Å². The van der Waals surface area contributed by atoms with Crippen molar-refractivity contribution in [3.8, 4) is 0 Å². The van der Waals surface area contributed by atoms with Crippen LogP contribution in [0.3, 0.4) is 0 Å². The smallest absolute Gasteiger partial charge is 0.257 e. The zero-order valence-corrected chi connectivity index (χ0v) is 13.9. The minimum Gasteiger partial charge on any atom is -0.336 e. The third kappa shape index (κ3) is 3.80. The summed E-state index contributed by atoms with van der Waals surface area (Å²) in [6.45, 7) is 3.11. The van der Waals surface area contributed by atoms with E-state index in [0.717, 1.165) is 13.1 Å². The maximum Gasteiger partial charge on any atom is 0.257 e.